The van der Waals surface area contributed by atoms with Gasteiger partial charge in [-0.1, -0.05) is 32.9 Å². The maximum absolute atomic E-state index is 12.1. The molecule has 2 amide bonds. The van der Waals surface area contributed by atoms with E-state index < -0.39 is 24.0 Å². The van der Waals surface area contributed by atoms with E-state index in [1.165, 1.54) is 12.4 Å². The number of amides is 2. The summed E-state index contributed by atoms with van der Waals surface area (Å²) in [6, 6.07) is 5.79. The molecule has 1 aromatic rings. The Morgan fingerprint density at radius 2 is 1.67 bits per heavy atom. The minimum atomic E-state index is -1.22. The first kappa shape index (κ1) is 17.1. The van der Waals surface area contributed by atoms with Crippen molar-refractivity contribution < 1.29 is 19.9 Å². The molecule has 0 radical (unpaired) electrons. The number of aliphatic hydroxyl groups is 1. The molecule has 0 spiro atoms. The molecule has 0 saturated carbocycles. The Kier molecular flexibility index (Phi) is 5.46. The van der Waals surface area contributed by atoms with Gasteiger partial charge in [-0.3, -0.25) is 14.8 Å². The molecule has 116 valence electrons. The maximum atomic E-state index is 12.1. The Hall–Kier alpha value is -1.92. The summed E-state index contributed by atoms with van der Waals surface area (Å²) in [4.78, 5) is 23.4. The third-order valence-electron chi connectivity index (χ3n) is 3.17. The monoisotopic (exact) mass is 294 g/mol. The first-order valence-electron chi connectivity index (χ1n) is 6.70. The van der Waals surface area contributed by atoms with Crippen LogP contribution in [-0.2, 0) is 10.2 Å². The summed E-state index contributed by atoms with van der Waals surface area (Å²) >= 11 is 0. The smallest absolute Gasteiger partial charge is 0.268 e. The van der Waals surface area contributed by atoms with Crippen LogP contribution in [0.1, 0.15) is 43.6 Å². The highest BCUT2D eigenvalue weighted by molar-refractivity contribution is 5.97. The molecule has 0 aliphatic rings. The first-order valence-corrected chi connectivity index (χ1v) is 6.70. The molecule has 0 fully saturated rings. The van der Waals surface area contributed by atoms with Crippen LogP contribution in [0.15, 0.2) is 24.3 Å². The minimum Gasteiger partial charge on any atom is -0.391 e. The molecule has 0 bridgehead atoms. The number of rotatable bonds is 4. The Balaban J connectivity index is 2.86. The standard InChI is InChI=1S/C15H22N2O4/c1-9(18)12(14(20)17-21)16-13(19)10-5-7-11(8-6-10)15(2,3)4/h5-9,12,18,21H,1-4H3,(H,16,19)(H,17,20)/t9-,12+/m1/s1. The summed E-state index contributed by atoms with van der Waals surface area (Å²) < 4.78 is 0. The van der Waals surface area contributed by atoms with E-state index in [1.54, 1.807) is 12.1 Å². The van der Waals surface area contributed by atoms with Gasteiger partial charge in [0.25, 0.3) is 11.8 Å². The van der Waals surface area contributed by atoms with Gasteiger partial charge in [0.2, 0.25) is 0 Å². The van der Waals surface area contributed by atoms with Crippen LogP contribution < -0.4 is 10.8 Å². The van der Waals surface area contributed by atoms with Crippen LogP contribution in [-0.4, -0.2) is 34.3 Å². The Labute approximate surface area is 124 Å². The van der Waals surface area contributed by atoms with Gasteiger partial charge in [-0.05, 0) is 30.0 Å². The second kappa shape index (κ2) is 6.69. The molecule has 6 nitrogen and oxygen atoms in total. The molecule has 0 unspecified atom stereocenters. The topological polar surface area (TPSA) is 98.7 Å². The van der Waals surface area contributed by atoms with Crippen molar-refractivity contribution >= 4 is 11.8 Å². The van der Waals surface area contributed by atoms with Crippen molar-refractivity contribution in [3.63, 3.8) is 0 Å². The zero-order valence-corrected chi connectivity index (χ0v) is 12.7. The lowest BCUT2D eigenvalue weighted by atomic mass is 9.86. The Morgan fingerprint density at radius 1 is 1.14 bits per heavy atom. The summed E-state index contributed by atoms with van der Waals surface area (Å²) in [5.74, 6) is -1.37. The number of carbonyl (C=O) groups is 2. The zero-order valence-electron chi connectivity index (χ0n) is 12.7. The van der Waals surface area contributed by atoms with E-state index in [0.717, 1.165) is 5.56 Å². The van der Waals surface area contributed by atoms with Gasteiger partial charge in [0.15, 0.2) is 0 Å². The largest absolute Gasteiger partial charge is 0.391 e. The molecule has 21 heavy (non-hydrogen) atoms. The highest BCUT2D eigenvalue weighted by Gasteiger charge is 2.25. The summed E-state index contributed by atoms with van der Waals surface area (Å²) in [5.41, 5.74) is 2.86. The van der Waals surface area contributed by atoms with Crippen molar-refractivity contribution in [3.05, 3.63) is 35.4 Å². The molecule has 6 heteroatoms. The average molecular weight is 294 g/mol. The van der Waals surface area contributed by atoms with E-state index in [-0.39, 0.29) is 5.41 Å². The number of benzene rings is 1. The molecule has 1 aromatic carbocycles. The van der Waals surface area contributed by atoms with E-state index in [9.17, 15) is 14.7 Å². The maximum Gasteiger partial charge on any atom is 0.268 e. The van der Waals surface area contributed by atoms with Gasteiger partial charge in [-0.25, -0.2) is 5.48 Å². The van der Waals surface area contributed by atoms with Crippen LogP contribution in [0, 0.1) is 0 Å². The van der Waals surface area contributed by atoms with Crippen molar-refractivity contribution in [1.82, 2.24) is 10.8 Å². The van der Waals surface area contributed by atoms with Crippen LogP contribution >= 0.6 is 0 Å². The number of hydrogen-bond acceptors (Lipinski definition) is 4. The van der Waals surface area contributed by atoms with Gasteiger partial charge >= 0.3 is 0 Å². The van der Waals surface area contributed by atoms with Crippen LogP contribution in [0.5, 0.6) is 0 Å². The molecule has 0 heterocycles. The molecular formula is C15H22N2O4. The summed E-state index contributed by atoms with van der Waals surface area (Å²) in [7, 11) is 0. The number of nitrogens with one attached hydrogen (secondary N) is 2. The second-order valence-electron chi connectivity index (χ2n) is 6.00. The van der Waals surface area contributed by atoms with Crippen molar-refractivity contribution in [2.75, 3.05) is 0 Å². The number of aliphatic hydroxyl groups excluding tert-OH is 1. The molecule has 4 N–H and O–H groups in total. The van der Waals surface area contributed by atoms with Gasteiger partial charge in [-0.15, -0.1) is 0 Å². The van der Waals surface area contributed by atoms with E-state index in [2.05, 4.69) is 26.1 Å². The molecule has 0 aromatic heterocycles. The predicted octanol–water partition coefficient (Wildman–Crippen LogP) is 0.969. The fraction of sp³-hybridized carbons (Fsp3) is 0.467. The van der Waals surface area contributed by atoms with Crippen LogP contribution in [0.2, 0.25) is 0 Å². The summed E-state index contributed by atoms with van der Waals surface area (Å²) in [6.45, 7) is 7.55. The highest BCUT2D eigenvalue weighted by Crippen LogP contribution is 2.22. The Morgan fingerprint density at radius 3 is 2.05 bits per heavy atom. The zero-order chi connectivity index (χ0) is 16.2. The highest BCUT2D eigenvalue weighted by atomic mass is 16.5. The van der Waals surface area contributed by atoms with Gasteiger partial charge < -0.3 is 10.4 Å². The fourth-order valence-corrected chi connectivity index (χ4v) is 1.82. The van der Waals surface area contributed by atoms with Crippen molar-refractivity contribution in [3.8, 4) is 0 Å². The third kappa shape index (κ3) is 4.54. The van der Waals surface area contributed by atoms with Gasteiger partial charge in [-0.2, -0.15) is 0 Å². The molecule has 0 saturated heterocycles. The molecule has 1 rings (SSSR count). The minimum absolute atomic E-state index is 0.0199. The van der Waals surface area contributed by atoms with Gasteiger partial charge in [0.1, 0.15) is 6.04 Å². The van der Waals surface area contributed by atoms with E-state index in [4.69, 9.17) is 5.21 Å². The molecule has 2 atom stereocenters. The van der Waals surface area contributed by atoms with Gasteiger partial charge in [0, 0.05) is 5.56 Å². The van der Waals surface area contributed by atoms with Gasteiger partial charge in [0.05, 0.1) is 6.10 Å². The number of carbonyl (C=O) groups excluding carboxylic acids is 2. The predicted molar refractivity (Wildman–Crippen MR) is 78.0 cm³/mol. The number of hydroxylamine groups is 1. The van der Waals surface area contributed by atoms with E-state index in [1.807, 2.05) is 12.1 Å². The van der Waals surface area contributed by atoms with Crippen LogP contribution in [0.4, 0.5) is 0 Å². The Bertz CT molecular complexity index is 503. The lowest BCUT2D eigenvalue weighted by Gasteiger charge is -2.21. The molecular weight excluding hydrogens is 272 g/mol. The SMILES string of the molecule is C[C@@H](O)[C@H](NC(=O)c1ccc(C(C)(C)C)cc1)C(=O)NO. The molecule has 0 aliphatic heterocycles. The fourth-order valence-electron chi connectivity index (χ4n) is 1.82. The summed E-state index contributed by atoms with van der Waals surface area (Å²) in [6.07, 6.45) is -1.13. The van der Waals surface area contributed by atoms with Crippen molar-refractivity contribution in [1.29, 1.82) is 0 Å². The van der Waals surface area contributed by atoms with E-state index in [0.29, 0.717) is 5.56 Å². The number of hydrogen-bond donors (Lipinski definition) is 4. The second-order valence-corrected chi connectivity index (χ2v) is 6.00. The van der Waals surface area contributed by atoms with Crippen molar-refractivity contribution in [2.45, 2.75) is 45.3 Å². The molecule has 0 aliphatic carbocycles. The van der Waals surface area contributed by atoms with E-state index >= 15 is 0 Å². The third-order valence-corrected chi connectivity index (χ3v) is 3.17. The first-order chi connectivity index (χ1) is 9.66. The van der Waals surface area contributed by atoms with Crippen molar-refractivity contribution in [2.24, 2.45) is 0 Å². The quantitative estimate of drug-likeness (QED) is 0.491. The average Bonchev–Trinajstić information content (AvgIpc) is 2.42. The van der Waals surface area contributed by atoms with Crippen LogP contribution in [0.25, 0.3) is 0 Å². The normalized spacial score (nSPS) is 14.2. The lowest BCUT2D eigenvalue weighted by molar-refractivity contribution is -0.133. The lowest BCUT2D eigenvalue weighted by Crippen LogP contribution is -2.51. The van der Waals surface area contributed by atoms with Crippen LogP contribution in [0.3, 0.4) is 0 Å². The summed E-state index contributed by atoms with van der Waals surface area (Å²) in [5, 5.41) is 20.5.